The van der Waals surface area contributed by atoms with Crippen molar-refractivity contribution in [2.24, 2.45) is 12.8 Å². The van der Waals surface area contributed by atoms with Gasteiger partial charge in [-0.3, -0.25) is 0 Å². The van der Waals surface area contributed by atoms with Crippen LogP contribution in [0, 0.1) is 17.4 Å². The van der Waals surface area contributed by atoms with Gasteiger partial charge in [-0.1, -0.05) is 0 Å². The van der Waals surface area contributed by atoms with E-state index in [0.29, 0.717) is 12.3 Å². The van der Waals surface area contributed by atoms with Gasteiger partial charge in [0, 0.05) is 29.2 Å². The summed E-state index contributed by atoms with van der Waals surface area (Å²) in [7, 11) is 2.06. The summed E-state index contributed by atoms with van der Waals surface area (Å²) in [4.78, 5) is 0. The lowest BCUT2D eigenvalue weighted by Crippen LogP contribution is -2.04. The Kier molecular flexibility index (Phi) is 3.36. The summed E-state index contributed by atoms with van der Waals surface area (Å²) in [6, 6.07) is 2.03. The number of phenols is 1. The van der Waals surface area contributed by atoms with Gasteiger partial charge >= 0.3 is 0 Å². The van der Waals surface area contributed by atoms with Crippen LogP contribution in [0.4, 0.5) is 0 Å². The summed E-state index contributed by atoms with van der Waals surface area (Å²) < 4.78 is 3.07. The van der Waals surface area contributed by atoms with Crippen LogP contribution in [0.1, 0.15) is 16.8 Å². The van der Waals surface area contributed by atoms with Crippen LogP contribution in [0.5, 0.6) is 5.75 Å². The molecule has 3 nitrogen and oxygen atoms in total. The minimum absolute atomic E-state index is 0.391. The number of fused-ring (bicyclic) bond motifs is 1. The highest BCUT2D eigenvalue weighted by atomic mass is 127. The summed E-state index contributed by atoms with van der Waals surface area (Å²) in [5.74, 6) is 0.391. The van der Waals surface area contributed by atoms with E-state index in [9.17, 15) is 5.11 Å². The minimum atomic E-state index is 0.391. The Balaban J connectivity index is 2.91. The first-order valence-electron chi connectivity index (χ1n) is 5.65. The van der Waals surface area contributed by atoms with Gasteiger partial charge < -0.3 is 15.4 Å². The molecule has 92 valence electrons. The highest BCUT2D eigenvalue weighted by Gasteiger charge is 2.17. The van der Waals surface area contributed by atoms with Crippen molar-refractivity contribution in [3.05, 3.63) is 26.5 Å². The highest BCUT2D eigenvalue weighted by Crippen LogP contribution is 2.36. The van der Waals surface area contributed by atoms with Gasteiger partial charge in [-0.25, -0.2) is 0 Å². The zero-order chi connectivity index (χ0) is 12.7. The number of benzene rings is 1. The monoisotopic (exact) mass is 344 g/mol. The number of nitrogens with two attached hydrogens (primary N) is 1. The second-order valence-electron chi connectivity index (χ2n) is 4.39. The third kappa shape index (κ3) is 1.83. The van der Waals surface area contributed by atoms with E-state index in [1.807, 2.05) is 13.0 Å². The largest absolute Gasteiger partial charge is 0.507 e. The second-order valence-corrected chi connectivity index (χ2v) is 5.55. The maximum Gasteiger partial charge on any atom is 0.132 e. The smallest absolute Gasteiger partial charge is 0.132 e. The van der Waals surface area contributed by atoms with Crippen LogP contribution in [0.2, 0.25) is 0 Å². The van der Waals surface area contributed by atoms with Crippen LogP contribution in [-0.4, -0.2) is 16.2 Å². The van der Waals surface area contributed by atoms with Crippen molar-refractivity contribution >= 4 is 33.5 Å². The number of rotatable bonds is 2. The molecule has 0 saturated heterocycles. The van der Waals surface area contributed by atoms with Gasteiger partial charge in [0.15, 0.2) is 0 Å². The number of aryl methyl sites for hydroxylation is 2. The molecule has 0 aliphatic heterocycles. The van der Waals surface area contributed by atoms with E-state index in [2.05, 4.69) is 41.1 Å². The van der Waals surface area contributed by atoms with Gasteiger partial charge in [0.1, 0.15) is 5.75 Å². The van der Waals surface area contributed by atoms with Crippen LogP contribution in [0.25, 0.3) is 10.9 Å². The molecule has 0 spiro atoms. The molecule has 17 heavy (non-hydrogen) atoms. The summed E-state index contributed by atoms with van der Waals surface area (Å²) in [6.07, 6.45) is 0.851. The first kappa shape index (κ1) is 12.7. The number of halogens is 1. The molecule has 0 aliphatic carbocycles. The summed E-state index contributed by atoms with van der Waals surface area (Å²) in [5, 5.41) is 11.2. The maximum absolute atomic E-state index is 10.0. The average Bonchev–Trinajstić information content (AvgIpc) is 2.52. The van der Waals surface area contributed by atoms with Gasteiger partial charge in [0.05, 0.1) is 3.57 Å². The van der Waals surface area contributed by atoms with Crippen LogP contribution in [0.15, 0.2) is 6.07 Å². The van der Waals surface area contributed by atoms with Crippen molar-refractivity contribution in [2.75, 3.05) is 6.54 Å². The molecule has 0 aliphatic rings. The van der Waals surface area contributed by atoms with Crippen molar-refractivity contribution in [1.29, 1.82) is 0 Å². The molecule has 0 unspecified atom stereocenters. The van der Waals surface area contributed by atoms with E-state index in [1.165, 1.54) is 16.8 Å². The molecular weight excluding hydrogens is 327 g/mol. The van der Waals surface area contributed by atoms with E-state index >= 15 is 0 Å². The van der Waals surface area contributed by atoms with Crippen LogP contribution in [-0.2, 0) is 13.5 Å². The van der Waals surface area contributed by atoms with E-state index in [0.717, 1.165) is 20.9 Å². The van der Waals surface area contributed by atoms with E-state index in [-0.39, 0.29) is 0 Å². The molecule has 1 aromatic heterocycles. The molecule has 2 rings (SSSR count). The van der Waals surface area contributed by atoms with Crippen molar-refractivity contribution in [3.8, 4) is 5.75 Å². The fraction of sp³-hybridized carbons (Fsp3) is 0.385. The molecule has 0 amide bonds. The van der Waals surface area contributed by atoms with Gasteiger partial charge in [0.2, 0.25) is 0 Å². The van der Waals surface area contributed by atoms with E-state index < -0.39 is 0 Å². The molecule has 0 atom stereocenters. The molecule has 0 saturated carbocycles. The Morgan fingerprint density at radius 3 is 2.65 bits per heavy atom. The number of aromatic nitrogens is 1. The predicted molar refractivity (Wildman–Crippen MR) is 79.5 cm³/mol. The zero-order valence-corrected chi connectivity index (χ0v) is 12.5. The molecule has 2 aromatic rings. The molecule has 3 N–H and O–H groups in total. The first-order valence-corrected chi connectivity index (χ1v) is 6.72. The minimum Gasteiger partial charge on any atom is -0.507 e. The third-order valence-electron chi connectivity index (χ3n) is 3.47. The second kappa shape index (κ2) is 4.49. The zero-order valence-electron chi connectivity index (χ0n) is 10.3. The standard InChI is InChI=1S/C13H17IN2O/c1-7-12-9(4-5-15)8(2)16(3)11(12)6-10(14)13(7)17/h6,17H,4-5,15H2,1-3H3. The molecule has 1 heterocycles. The molecule has 0 fully saturated rings. The summed E-state index contributed by atoms with van der Waals surface area (Å²) in [6.45, 7) is 4.71. The quantitative estimate of drug-likeness (QED) is 0.823. The highest BCUT2D eigenvalue weighted by molar-refractivity contribution is 14.1. The Morgan fingerprint density at radius 2 is 2.06 bits per heavy atom. The average molecular weight is 344 g/mol. The fourth-order valence-electron chi connectivity index (χ4n) is 2.41. The van der Waals surface area contributed by atoms with Gasteiger partial charge in [-0.2, -0.15) is 0 Å². The first-order chi connectivity index (χ1) is 7.99. The van der Waals surface area contributed by atoms with Gasteiger partial charge in [0.25, 0.3) is 0 Å². The van der Waals surface area contributed by atoms with Crippen LogP contribution < -0.4 is 5.73 Å². The summed E-state index contributed by atoms with van der Waals surface area (Å²) in [5.41, 5.74) is 10.3. The lowest BCUT2D eigenvalue weighted by molar-refractivity contribution is 0.468. The SMILES string of the molecule is Cc1c(O)c(I)cc2c1c(CCN)c(C)n2C. The van der Waals surface area contributed by atoms with Gasteiger partial charge in [-0.05, 0) is 61.0 Å². The van der Waals surface area contributed by atoms with Gasteiger partial charge in [-0.15, -0.1) is 0 Å². The number of phenolic OH excluding ortho intramolecular Hbond substituents is 1. The summed E-state index contributed by atoms with van der Waals surface area (Å²) >= 11 is 2.17. The van der Waals surface area contributed by atoms with Crippen molar-refractivity contribution in [3.63, 3.8) is 0 Å². The molecule has 0 radical (unpaired) electrons. The van der Waals surface area contributed by atoms with Crippen LogP contribution >= 0.6 is 22.6 Å². The number of hydrogen-bond donors (Lipinski definition) is 2. The number of hydrogen-bond acceptors (Lipinski definition) is 2. The molecule has 4 heteroatoms. The molecular formula is C13H17IN2O. The Morgan fingerprint density at radius 1 is 1.41 bits per heavy atom. The van der Waals surface area contributed by atoms with Crippen LogP contribution in [0.3, 0.4) is 0 Å². The van der Waals surface area contributed by atoms with Crippen molar-refractivity contribution in [2.45, 2.75) is 20.3 Å². The molecule has 0 bridgehead atoms. The van der Waals surface area contributed by atoms with E-state index in [4.69, 9.17) is 5.73 Å². The van der Waals surface area contributed by atoms with E-state index in [1.54, 1.807) is 0 Å². The third-order valence-corrected chi connectivity index (χ3v) is 4.30. The topological polar surface area (TPSA) is 51.2 Å². The normalized spacial score (nSPS) is 11.4. The Labute approximate surface area is 115 Å². The maximum atomic E-state index is 10.0. The Hall–Kier alpha value is -0.750. The van der Waals surface area contributed by atoms with Crippen molar-refractivity contribution in [1.82, 2.24) is 4.57 Å². The number of nitrogens with zero attached hydrogens (tertiary/aromatic N) is 1. The predicted octanol–water partition coefficient (Wildman–Crippen LogP) is 2.61. The number of aromatic hydroxyl groups is 1. The fourth-order valence-corrected chi connectivity index (χ4v) is 3.11. The molecule has 1 aromatic carbocycles. The van der Waals surface area contributed by atoms with Crippen molar-refractivity contribution < 1.29 is 5.11 Å². The lowest BCUT2D eigenvalue weighted by Gasteiger charge is -2.06. The Bertz CT molecular complexity index is 587. The lowest BCUT2D eigenvalue weighted by atomic mass is 10.0.